The highest BCUT2D eigenvalue weighted by Gasteiger charge is 2.78. The van der Waals surface area contributed by atoms with E-state index in [0.717, 1.165) is 13.1 Å². The minimum Gasteiger partial charge on any atom is -0.394 e. The zero-order valence-electron chi connectivity index (χ0n) is 24.0. The maximum absolute atomic E-state index is 14.5. The Balaban J connectivity index is 1.73. The number of nitrogens with zero attached hydrogens (tertiary/aromatic N) is 4. The number of ether oxygens (including phenoxy) is 2. The summed E-state index contributed by atoms with van der Waals surface area (Å²) in [5, 5.41) is 10.4. The molecule has 10 heteroatoms. The number of hydrogen-bond acceptors (Lipinski definition) is 7. The van der Waals surface area contributed by atoms with Gasteiger partial charge in [0, 0.05) is 46.3 Å². The van der Waals surface area contributed by atoms with Crippen LogP contribution in [0.4, 0.5) is 0 Å². The number of rotatable bonds is 12. The lowest BCUT2D eigenvalue weighted by Gasteiger charge is -2.41. The summed E-state index contributed by atoms with van der Waals surface area (Å²) in [6.45, 7) is 17.9. The highest BCUT2D eigenvalue weighted by Crippen LogP contribution is 2.64. The van der Waals surface area contributed by atoms with Crippen LogP contribution < -0.4 is 0 Å². The number of morpholine rings is 1. The number of hydrogen-bond donors (Lipinski definition) is 1. The van der Waals surface area contributed by atoms with Gasteiger partial charge in [-0.05, 0) is 25.7 Å². The van der Waals surface area contributed by atoms with Gasteiger partial charge in [0.2, 0.25) is 17.7 Å². The van der Waals surface area contributed by atoms with Crippen LogP contribution in [0.3, 0.4) is 0 Å². The molecule has 4 saturated heterocycles. The minimum atomic E-state index is -1.13. The van der Waals surface area contributed by atoms with Gasteiger partial charge in [-0.3, -0.25) is 19.3 Å². The number of likely N-dealkylation sites (tertiary alicyclic amines) is 1. The van der Waals surface area contributed by atoms with Crippen LogP contribution >= 0.6 is 0 Å². The standard InChI is InChI=1S/C29H46N4O6/c1-7-11-30(6)25(35)22-23-26(36)33(21(19-34)20(3)4)24(29(23)10-9-28(22,5)39-29)27(37)32(12-8-2)14-13-31-15-17-38-18-16-31/h7-8,20-24,34H,1-2,9-19H2,3-6H3/t21-,22+,23-,24?,28-,29?/m0/s1. The molecule has 0 aromatic carbocycles. The van der Waals surface area contributed by atoms with E-state index in [1.54, 1.807) is 33.9 Å². The third-order valence-corrected chi connectivity index (χ3v) is 9.26. The van der Waals surface area contributed by atoms with E-state index < -0.39 is 35.1 Å². The molecule has 0 aromatic rings. The van der Waals surface area contributed by atoms with E-state index in [0.29, 0.717) is 52.2 Å². The Morgan fingerprint density at radius 1 is 1.15 bits per heavy atom. The highest BCUT2D eigenvalue weighted by atomic mass is 16.5. The van der Waals surface area contributed by atoms with Crippen molar-refractivity contribution in [3.05, 3.63) is 25.3 Å². The maximum atomic E-state index is 14.5. The van der Waals surface area contributed by atoms with Gasteiger partial charge < -0.3 is 29.3 Å². The van der Waals surface area contributed by atoms with Crippen LogP contribution in [0.25, 0.3) is 0 Å². The van der Waals surface area contributed by atoms with Gasteiger partial charge in [-0.15, -0.1) is 13.2 Å². The summed E-state index contributed by atoms with van der Waals surface area (Å²) in [6, 6.07) is -1.50. The van der Waals surface area contributed by atoms with Crippen LogP contribution in [0.5, 0.6) is 0 Å². The fourth-order valence-corrected chi connectivity index (χ4v) is 7.22. The number of amides is 3. The number of aliphatic hydroxyl groups excluding tert-OH is 1. The van der Waals surface area contributed by atoms with Crippen LogP contribution in [0.2, 0.25) is 0 Å². The third-order valence-electron chi connectivity index (χ3n) is 9.26. The first-order chi connectivity index (χ1) is 18.6. The first-order valence-corrected chi connectivity index (χ1v) is 14.2. The molecule has 218 valence electrons. The van der Waals surface area contributed by atoms with E-state index in [9.17, 15) is 19.5 Å². The van der Waals surface area contributed by atoms with E-state index >= 15 is 0 Å². The Kier molecular flexibility index (Phi) is 8.90. The fourth-order valence-electron chi connectivity index (χ4n) is 7.22. The molecular weight excluding hydrogens is 500 g/mol. The van der Waals surface area contributed by atoms with Crippen molar-refractivity contribution in [1.29, 1.82) is 0 Å². The van der Waals surface area contributed by atoms with Crippen LogP contribution in [-0.4, -0.2) is 132 Å². The summed E-state index contributed by atoms with van der Waals surface area (Å²) in [7, 11) is 1.70. The van der Waals surface area contributed by atoms with Crippen molar-refractivity contribution in [1.82, 2.24) is 19.6 Å². The molecule has 1 N–H and O–H groups in total. The van der Waals surface area contributed by atoms with Crippen LogP contribution in [0.1, 0.15) is 33.6 Å². The maximum Gasteiger partial charge on any atom is 0.248 e. The smallest absolute Gasteiger partial charge is 0.248 e. The van der Waals surface area contributed by atoms with Crippen molar-refractivity contribution >= 4 is 17.7 Å². The molecule has 3 amide bonds. The van der Waals surface area contributed by atoms with Gasteiger partial charge in [-0.2, -0.15) is 0 Å². The SMILES string of the molecule is C=CCN(C)C(=O)[C@H]1[C@H]2C(=O)N([C@@H](CO)C(C)C)C(C(=O)N(CC=C)CCN3CCOCC3)C23CC[C@]1(C)O3. The van der Waals surface area contributed by atoms with Crippen LogP contribution in [-0.2, 0) is 23.9 Å². The lowest BCUT2D eigenvalue weighted by atomic mass is 9.66. The lowest BCUT2D eigenvalue weighted by Crippen LogP contribution is -2.60. The molecule has 4 fully saturated rings. The molecule has 0 saturated carbocycles. The molecule has 39 heavy (non-hydrogen) atoms. The Labute approximate surface area is 232 Å². The van der Waals surface area contributed by atoms with E-state index in [-0.39, 0.29) is 30.2 Å². The minimum absolute atomic E-state index is 0.101. The highest BCUT2D eigenvalue weighted by molar-refractivity contribution is 5.99. The summed E-state index contributed by atoms with van der Waals surface area (Å²) in [5.41, 5.74) is -1.97. The monoisotopic (exact) mass is 546 g/mol. The van der Waals surface area contributed by atoms with Crippen molar-refractivity contribution in [2.75, 3.05) is 66.1 Å². The van der Waals surface area contributed by atoms with Gasteiger partial charge in [0.1, 0.15) is 11.6 Å². The molecule has 2 bridgehead atoms. The van der Waals surface area contributed by atoms with Crippen LogP contribution in [0, 0.1) is 17.8 Å². The summed E-state index contributed by atoms with van der Waals surface area (Å²) in [5.74, 6) is -2.27. The molecule has 0 radical (unpaired) electrons. The van der Waals surface area contributed by atoms with E-state index in [4.69, 9.17) is 9.47 Å². The zero-order valence-corrected chi connectivity index (χ0v) is 24.0. The second-order valence-electron chi connectivity index (χ2n) is 12.0. The molecule has 0 aromatic heterocycles. The summed E-state index contributed by atoms with van der Waals surface area (Å²) >= 11 is 0. The molecule has 4 aliphatic heterocycles. The number of likely N-dealkylation sites (N-methyl/N-ethyl adjacent to an activating group) is 1. The molecule has 4 aliphatic rings. The van der Waals surface area contributed by atoms with Crippen molar-refractivity contribution in [2.45, 2.75) is 56.9 Å². The first kappa shape index (κ1) is 29.7. The molecule has 4 rings (SSSR count). The van der Waals surface area contributed by atoms with Gasteiger partial charge in [0.25, 0.3) is 0 Å². The predicted molar refractivity (Wildman–Crippen MR) is 147 cm³/mol. The number of aliphatic hydroxyl groups is 1. The summed E-state index contributed by atoms with van der Waals surface area (Å²) < 4.78 is 12.2. The summed E-state index contributed by atoms with van der Waals surface area (Å²) in [6.07, 6.45) is 4.43. The zero-order chi connectivity index (χ0) is 28.5. The van der Waals surface area contributed by atoms with E-state index in [2.05, 4.69) is 18.1 Å². The molecule has 0 aliphatic carbocycles. The Morgan fingerprint density at radius 3 is 2.41 bits per heavy atom. The van der Waals surface area contributed by atoms with Crippen molar-refractivity contribution in [2.24, 2.45) is 17.8 Å². The van der Waals surface area contributed by atoms with Gasteiger partial charge in [-0.25, -0.2) is 0 Å². The van der Waals surface area contributed by atoms with Crippen molar-refractivity contribution in [3.63, 3.8) is 0 Å². The molecular formula is C29H46N4O6. The van der Waals surface area contributed by atoms with Gasteiger partial charge in [-0.1, -0.05) is 26.0 Å². The largest absolute Gasteiger partial charge is 0.394 e. The number of fused-ring (bicyclic) bond motifs is 1. The Hall–Kier alpha value is -2.27. The number of carbonyl (C=O) groups excluding carboxylic acids is 3. The van der Waals surface area contributed by atoms with Gasteiger partial charge in [0.15, 0.2) is 0 Å². The van der Waals surface area contributed by atoms with Gasteiger partial charge >= 0.3 is 0 Å². The van der Waals surface area contributed by atoms with Crippen molar-refractivity contribution < 1.29 is 29.0 Å². The Morgan fingerprint density at radius 2 is 1.82 bits per heavy atom. The second-order valence-corrected chi connectivity index (χ2v) is 12.0. The second kappa shape index (κ2) is 11.7. The molecule has 4 heterocycles. The third kappa shape index (κ3) is 5.05. The molecule has 1 spiro atoms. The van der Waals surface area contributed by atoms with E-state index in [1.807, 2.05) is 20.8 Å². The average molecular weight is 547 g/mol. The predicted octanol–water partition coefficient (Wildman–Crippen LogP) is 0.759. The Bertz CT molecular complexity index is 967. The fraction of sp³-hybridized carbons (Fsp3) is 0.759. The van der Waals surface area contributed by atoms with Gasteiger partial charge in [0.05, 0.1) is 43.3 Å². The first-order valence-electron chi connectivity index (χ1n) is 14.2. The normalized spacial score (nSPS) is 32.8. The van der Waals surface area contributed by atoms with Crippen LogP contribution in [0.15, 0.2) is 25.3 Å². The van der Waals surface area contributed by atoms with E-state index in [1.165, 1.54) is 0 Å². The average Bonchev–Trinajstić information content (AvgIpc) is 3.48. The summed E-state index contributed by atoms with van der Waals surface area (Å²) in [4.78, 5) is 49.8. The quantitative estimate of drug-likeness (QED) is 0.361. The van der Waals surface area contributed by atoms with Crippen molar-refractivity contribution in [3.8, 4) is 0 Å². The molecule has 6 atom stereocenters. The molecule has 10 nitrogen and oxygen atoms in total. The number of carbonyl (C=O) groups is 3. The lowest BCUT2D eigenvalue weighted by molar-refractivity contribution is -0.157. The topological polar surface area (TPSA) is 103 Å². The molecule has 2 unspecified atom stereocenters.